The van der Waals surface area contributed by atoms with Gasteiger partial charge in [-0.25, -0.2) is 0 Å². The Morgan fingerprint density at radius 3 is 1.53 bits per heavy atom. The Kier molecular flexibility index (Phi) is 6.84. The molecule has 0 rings (SSSR count). The van der Waals surface area contributed by atoms with Crippen LogP contribution in [0.4, 0.5) is 0 Å². The van der Waals surface area contributed by atoms with Gasteiger partial charge in [0.1, 0.15) is 0 Å². The molecule has 0 aliphatic carbocycles. The molecule has 2 heteroatoms. The van der Waals surface area contributed by atoms with Crippen LogP contribution in [0.1, 0.15) is 55.4 Å². The van der Waals surface area contributed by atoms with Crippen molar-refractivity contribution in [1.29, 1.82) is 0 Å². The molecule has 0 saturated heterocycles. The lowest BCUT2D eigenvalue weighted by atomic mass is 10.4. The van der Waals surface area contributed by atoms with Gasteiger partial charge in [-0.05, 0) is 42.6 Å². The highest BCUT2D eigenvalue weighted by molar-refractivity contribution is 6.77. The largest absolute Gasteiger partial charge is 0.543 e. The summed E-state index contributed by atoms with van der Waals surface area (Å²) in [5, 5.41) is 0. The van der Waals surface area contributed by atoms with E-state index in [2.05, 4.69) is 66.7 Å². The number of allylic oxidation sites excluding steroid dienone is 3. The van der Waals surface area contributed by atoms with E-state index in [0.29, 0.717) is 16.6 Å². The average Bonchev–Trinajstić information content (AvgIpc) is 2.22. The molecule has 1 nitrogen and oxygen atoms in total. The molecule has 0 amide bonds. The van der Waals surface area contributed by atoms with E-state index in [4.69, 9.17) is 4.43 Å². The molecule has 0 radical (unpaired) electrons. The number of hydrogen-bond donors (Lipinski definition) is 0. The van der Waals surface area contributed by atoms with Crippen molar-refractivity contribution in [3.8, 4) is 0 Å². The highest BCUT2D eigenvalue weighted by Crippen LogP contribution is 2.43. The summed E-state index contributed by atoms with van der Waals surface area (Å²) in [7, 11) is -1.77. The summed E-state index contributed by atoms with van der Waals surface area (Å²) in [5.41, 5.74) is 1.88. The van der Waals surface area contributed by atoms with Gasteiger partial charge >= 0.3 is 0 Å². The van der Waals surface area contributed by atoms with E-state index in [0.717, 1.165) is 5.76 Å². The third-order valence-corrected chi connectivity index (χ3v) is 9.62. The monoisotopic (exact) mass is 254 g/mol. The van der Waals surface area contributed by atoms with Crippen LogP contribution in [0.15, 0.2) is 24.0 Å². The molecule has 0 aliphatic rings. The molecule has 0 unspecified atom stereocenters. The Morgan fingerprint density at radius 2 is 1.29 bits per heavy atom. The van der Waals surface area contributed by atoms with E-state index in [9.17, 15) is 0 Å². The van der Waals surface area contributed by atoms with E-state index < -0.39 is 8.32 Å². The minimum atomic E-state index is -1.77. The Labute approximate surface area is 109 Å². The van der Waals surface area contributed by atoms with E-state index in [1.807, 2.05) is 6.92 Å². The zero-order valence-corrected chi connectivity index (χ0v) is 13.9. The molecule has 0 N–H and O–H groups in total. The normalized spacial score (nSPS) is 14.4. The molecule has 100 valence electrons. The summed E-state index contributed by atoms with van der Waals surface area (Å²) in [6, 6.07) is 0. The topological polar surface area (TPSA) is 9.23 Å². The molecule has 0 aromatic rings. The molecule has 17 heavy (non-hydrogen) atoms. The van der Waals surface area contributed by atoms with Gasteiger partial charge in [-0.15, -0.1) is 0 Å². The summed E-state index contributed by atoms with van der Waals surface area (Å²) in [6.45, 7) is 18.0. The fraction of sp³-hybridized carbons (Fsp3) is 0.733. The van der Waals surface area contributed by atoms with Crippen molar-refractivity contribution in [3.05, 3.63) is 24.0 Å². The standard InChI is InChI=1S/C15H30OSi/c1-9-11-15(10-2)16-17(12(3)4,13(5)6)14(7)8/h9-14H,1-8H3/b11-9+,15-10-. The molecular formula is C15H30OSi. The lowest BCUT2D eigenvalue weighted by molar-refractivity contribution is 0.386. The van der Waals surface area contributed by atoms with Crippen molar-refractivity contribution in [1.82, 2.24) is 0 Å². The molecule has 0 aliphatic heterocycles. The van der Waals surface area contributed by atoms with Crippen LogP contribution in [0, 0.1) is 0 Å². The van der Waals surface area contributed by atoms with Gasteiger partial charge in [0.25, 0.3) is 8.32 Å². The van der Waals surface area contributed by atoms with Crippen molar-refractivity contribution < 1.29 is 4.43 Å². The molecular weight excluding hydrogens is 224 g/mol. The SMILES string of the molecule is C/C=C(/C=C/C)O[Si](C(C)C)(C(C)C)C(C)C. The Hall–Kier alpha value is -0.503. The lowest BCUT2D eigenvalue weighted by Gasteiger charge is -2.42. The number of hydrogen-bond acceptors (Lipinski definition) is 1. The Morgan fingerprint density at radius 1 is 0.882 bits per heavy atom. The Balaban J connectivity index is 5.32. The van der Waals surface area contributed by atoms with Crippen LogP contribution < -0.4 is 0 Å². The van der Waals surface area contributed by atoms with Crippen molar-refractivity contribution >= 4 is 8.32 Å². The molecule has 0 atom stereocenters. The van der Waals surface area contributed by atoms with E-state index in [1.165, 1.54) is 0 Å². The second-order valence-corrected chi connectivity index (χ2v) is 11.0. The smallest absolute Gasteiger partial charge is 0.258 e. The van der Waals surface area contributed by atoms with Gasteiger partial charge in [0.2, 0.25) is 0 Å². The first-order chi connectivity index (χ1) is 7.82. The van der Waals surface area contributed by atoms with E-state index in [-0.39, 0.29) is 0 Å². The van der Waals surface area contributed by atoms with Crippen LogP contribution >= 0.6 is 0 Å². The third kappa shape index (κ3) is 3.73. The van der Waals surface area contributed by atoms with Crippen LogP contribution in [0.3, 0.4) is 0 Å². The van der Waals surface area contributed by atoms with Crippen molar-refractivity contribution in [3.63, 3.8) is 0 Å². The van der Waals surface area contributed by atoms with Crippen molar-refractivity contribution in [2.24, 2.45) is 0 Å². The summed E-state index contributed by atoms with van der Waals surface area (Å²) >= 11 is 0. The van der Waals surface area contributed by atoms with Crippen LogP contribution in [-0.4, -0.2) is 8.32 Å². The van der Waals surface area contributed by atoms with Gasteiger partial charge in [-0.1, -0.05) is 47.6 Å². The van der Waals surface area contributed by atoms with Gasteiger partial charge in [0.15, 0.2) is 0 Å². The Bertz CT molecular complexity index is 253. The summed E-state index contributed by atoms with van der Waals surface area (Å²) in [6.07, 6.45) is 6.21. The fourth-order valence-electron chi connectivity index (χ4n) is 2.91. The average molecular weight is 254 g/mol. The zero-order valence-electron chi connectivity index (χ0n) is 12.9. The number of rotatable bonds is 6. The van der Waals surface area contributed by atoms with Gasteiger partial charge < -0.3 is 4.43 Å². The predicted molar refractivity (Wildman–Crippen MR) is 80.7 cm³/mol. The highest BCUT2D eigenvalue weighted by Gasteiger charge is 2.46. The van der Waals surface area contributed by atoms with E-state index in [1.54, 1.807) is 0 Å². The van der Waals surface area contributed by atoms with Gasteiger partial charge in [0, 0.05) is 0 Å². The third-order valence-electron chi connectivity index (χ3n) is 3.62. The van der Waals surface area contributed by atoms with Crippen molar-refractivity contribution in [2.45, 2.75) is 72.0 Å². The van der Waals surface area contributed by atoms with Gasteiger partial charge in [-0.3, -0.25) is 0 Å². The quantitative estimate of drug-likeness (QED) is 0.338. The fourth-order valence-corrected chi connectivity index (χ4v) is 8.21. The first-order valence-electron chi connectivity index (χ1n) is 6.80. The van der Waals surface area contributed by atoms with E-state index >= 15 is 0 Å². The van der Waals surface area contributed by atoms with Gasteiger partial charge in [0.05, 0.1) is 5.76 Å². The predicted octanol–water partition coefficient (Wildman–Crippen LogP) is 5.66. The summed E-state index contributed by atoms with van der Waals surface area (Å²) < 4.78 is 6.53. The molecule has 0 aromatic carbocycles. The minimum absolute atomic E-state index is 0.628. The summed E-state index contributed by atoms with van der Waals surface area (Å²) in [5.74, 6) is 1.04. The van der Waals surface area contributed by atoms with Crippen LogP contribution in [0.25, 0.3) is 0 Å². The molecule has 0 saturated carbocycles. The maximum absolute atomic E-state index is 6.53. The molecule has 0 aromatic heterocycles. The molecule has 0 heterocycles. The first-order valence-corrected chi connectivity index (χ1v) is 8.94. The van der Waals surface area contributed by atoms with Crippen LogP contribution in [-0.2, 0) is 4.43 Å². The first kappa shape index (κ1) is 16.5. The van der Waals surface area contributed by atoms with Crippen LogP contribution in [0.5, 0.6) is 0 Å². The second kappa shape index (κ2) is 7.05. The lowest BCUT2D eigenvalue weighted by Crippen LogP contribution is -2.47. The van der Waals surface area contributed by atoms with Crippen LogP contribution in [0.2, 0.25) is 16.6 Å². The summed E-state index contributed by atoms with van der Waals surface area (Å²) in [4.78, 5) is 0. The molecule has 0 bridgehead atoms. The minimum Gasteiger partial charge on any atom is -0.543 e. The maximum atomic E-state index is 6.53. The molecule has 0 fully saturated rings. The van der Waals surface area contributed by atoms with Crippen molar-refractivity contribution in [2.75, 3.05) is 0 Å². The van der Waals surface area contributed by atoms with Gasteiger partial charge in [-0.2, -0.15) is 0 Å². The maximum Gasteiger partial charge on any atom is 0.258 e. The zero-order chi connectivity index (χ0) is 13.6. The second-order valence-electron chi connectivity index (χ2n) is 5.61. The highest BCUT2D eigenvalue weighted by atomic mass is 28.4. The molecule has 0 spiro atoms.